The molecular formula is C41H77O8P. The molecule has 8 nitrogen and oxygen atoms in total. The number of ether oxygens (including phenoxy) is 2. The van der Waals surface area contributed by atoms with Crippen molar-refractivity contribution in [1.82, 2.24) is 0 Å². The van der Waals surface area contributed by atoms with Crippen LogP contribution in [-0.4, -0.2) is 42.8 Å². The maximum Gasteiger partial charge on any atom is 0.472 e. The van der Waals surface area contributed by atoms with Gasteiger partial charge in [0.05, 0.1) is 13.2 Å². The van der Waals surface area contributed by atoms with Gasteiger partial charge >= 0.3 is 19.8 Å². The Morgan fingerprint density at radius 1 is 0.540 bits per heavy atom. The smallest absolute Gasteiger partial charge is 0.462 e. The third-order valence-corrected chi connectivity index (χ3v) is 9.82. The van der Waals surface area contributed by atoms with Crippen LogP contribution in [0.2, 0.25) is 0 Å². The van der Waals surface area contributed by atoms with Crippen LogP contribution in [0.1, 0.15) is 201 Å². The van der Waals surface area contributed by atoms with Crippen molar-refractivity contribution in [2.24, 2.45) is 0 Å². The van der Waals surface area contributed by atoms with Crippen LogP contribution in [0.5, 0.6) is 0 Å². The minimum absolute atomic E-state index is 0.000697. The highest BCUT2D eigenvalue weighted by Crippen LogP contribution is 2.43. The number of hydrogen-bond donors (Lipinski definition) is 1. The fourth-order valence-corrected chi connectivity index (χ4v) is 6.47. The van der Waals surface area contributed by atoms with Crippen LogP contribution >= 0.6 is 7.82 Å². The Kier molecular flexibility index (Phi) is 36.2. The first-order chi connectivity index (χ1) is 24.3. The Morgan fingerprint density at radius 3 is 1.46 bits per heavy atom. The maximum atomic E-state index is 12.5. The van der Waals surface area contributed by atoms with E-state index in [2.05, 4.69) is 38.2 Å². The minimum Gasteiger partial charge on any atom is -0.462 e. The Hall–Kier alpha value is -1.47. The van der Waals surface area contributed by atoms with E-state index in [-0.39, 0.29) is 25.6 Å². The zero-order chi connectivity index (χ0) is 36.8. The van der Waals surface area contributed by atoms with E-state index in [1.807, 2.05) is 0 Å². The number of esters is 2. The average molecular weight is 729 g/mol. The van der Waals surface area contributed by atoms with E-state index < -0.39 is 26.5 Å². The monoisotopic (exact) mass is 729 g/mol. The predicted octanol–water partition coefficient (Wildman–Crippen LogP) is 12.7. The van der Waals surface area contributed by atoms with Crippen LogP contribution in [0.4, 0.5) is 0 Å². The molecule has 0 saturated carbocycles. The molecule has 9 heteroatoms. The number of carbonyl (C=O) groups excluding carboxylic acids is 2. The van der Waals surface area contributed by atoms with E-state index in [0.717, 1.165) is 57.8 Å². The molecule has 1 N–H and O–H groups in total. The SMILES string of the molecule is CCCCC/C=C\C/C=C\CCCCCCCC(=O)OC(COC(=O)CCCCCCCCCCCCCCCCC)COP(=O)(O)OCC. The second-order valence-corrected chi connectivity index (χ2v) is 15.1. The second-order valence-electron chi connectivity index (χ2n) is 13.7. The number of hydrogen-bond acceptors (Lipinski definition) is 7. The van der Waals surface area contributed by atoms with Crippen molar-refractivity contribution in [2.45, 2.75) is 207 Å². The van der Waals surface area contributed by atoms with Gasteiger partial charge in [0.15, 0.2) is 6.10 Å². The molecule has 0 spiro atoms. The highest BCUT2D eigenvalue weighted by atomic mass is 31.2. The van der Waals surface area contributed by atoms with Crippen molar-refractivity contribution < 1.29 is 37.6 Å². The highest BCUT2D eigenvalue weighted by Gasteiger charge is 2.25. The Labute approximate surface area is 307 Å². The number of unbranched alkanes of at least 4 members (excludes halogenated alkanes) is 22. The van der Waals surface area contributed by atoms with Gasteiger partial charge in [-0.3, -0.25) is 18.6 Å². The molecule has 0 aromatic carbocycles. The van der Waals surface area contributed by atoms with Gasteiger partial charge in [0.2, 0.25) is 0 Å². The summed E-state index contributed by atoms with van der Waals surface area (Å²) >= 11 is 0. The Bertz CT molecular complexity index is 875. The Morgan fingerprint density at radius 2 is 0.960 bits per heavy atom. The number of phosphoric ester groups is 1. The molecule has 0 bridgehead atoms. The summed E-state index contributed by atoms with van der Waals surface area (Å²) in [6, 6.07) is 0. The maximum absolute atomic E-state index is 12.5. The lowest BCUT2D eigenvalue weighted by Crippen LogP contribution is -2.29. The number of allylic oxidation sites excluding steroid dienone is 4. The summed E-state index contributed by atoms with van der Waals surface area (Å²) in [6.07, 6.45) is 39.4. The summed E-state index contributed by atoms with van der Waals surface area (Å²) in [4.78, 5) is 34.7. The van der Waals surface area contributed by atoms with Gasteiger partial charge in [0.1, 0.15) is 6.61 Å². The van der Waals surface area contributed by atoms with Gasteiger partial charge in [-0.1, -0.05) is 160 Å². The van der Waals surface area contributed by atoms with Crippen molar-refractivity contribution in [3.63, 3.8) is 0 Å². The lowest BCUT2D eigenvalue weighted by Gasteiger charge is -2.19. The molecule has 2 atom stereocenters. The molecular weight excluding hydrogens is 651 g/mol. The van der Waals surface area contributed by atoms with Crippen molar-refractivity contribution in [3.05, 3.63) is 24.3 Å². The fraction of sp³-hybridized carbons (Fsp3) is 0.854. The van der Waals surface area contributed by atoms with Crippen LogP contribution in [0.3, 0.4) is 0 Å². The van der Waals surface area contributed by atoms with E-state index in [4.69, 9.17) is 18.5 Å². The first-order valence-corrected chi connectivity index (χ1v) is 22.1. The predicted molar refractivity (Wildman–Crippen MR) is 207 cm³/mol. The van der Waals surface area contributed by atoms with E-state index in [1.165, 1.54) is 103 Å². The zero-order valence-electron chi connectivity index (χ0n) is 32.6. The van der Waals surface area contributed by atoms with Crippen LogP contribution < -0.4 is 0 Å². The summed E-state index contributed by atoms with van der Waals surface area (Å²) in [5, 5.41) is 0. The highest BCUT2D eigenvalue weighted by molar-refractivity contribution is 7.47. The normalized spacial score (nSPS) is 13.6. The minimum atomic E-state index is -4.28. The number of carbonyl (C=O) groups is 2. The third kappa shape index (κ3) is 36.3. The lowest BCUT2D eigenvalue weighted by atomic mass is 10.0. The van der Waals surface area contributed by atoms with Gasteiger partial charge < -0.3 is 14.4 Å². The number of phosphoric acid groups is 1. The largest absolute Gasteiger partial charge is 0.472 e. The topological polar surface area (TPSA) is 108 Å². The molecule has 0 aliphatic carbocycles. The summed E-state index contributed by atoms with van der Waals surface area (Å²) in [5.41, 5.74) is 0. The summed E-state index contributed by atoms with van der Waals surface area (Å²) in [6.45, 7) is 5.44. The van der Waals surface area contributed by atoms with Gasteiger partial charge in [-0.05, 0) is 51.9 Å². The molecule has 0 saturated heterocycles. The van der Waals surface area contributed by atoms with Crippen molar-refractivity contribution in [1.29, 1.82) is 0 Å². The second kappa shape index (κ2) is 37.3. The third-order valence-electron chi connectivity index (χ3n) is 8.76. The van der Waals surface area contributed by atoms with Crippen LogP contribution in [0.25, 0.3) is 0 Å². The molecule has 0 fully saturated rings. The molecule has 2 unspecified atom stereocenters. The summed E-state index contributed by atoms with van der Waals surface area (Å²) in [5.74, 6) is -0.807. The molecule has 294 valence electrons. The van der Waals surface area contributed by atoms with Crippen molar-refractivity contribution >= 4 is 19.8 Å². The first-order valence-electron chi connectivity index (χ1n) is 20.6. The quantitative estimate of drug-likeness (QED) is 0.0290. The van der Waals surface area contributed by atoms with Gasteiger partial charge in [-0.25, -0.2) is 4.57 Å². The number of rotatable bonds is 38. The molecule has 0 heterocycles. The molecule has 0 radical (unpaired) electrons. The average Bonchev–Trinajstić information content (AvgIpc) is 3.09. The van der Waals surface area contributed by atoms with Crippen LogP contribution in [0.15, 0.2) is 24.3 Å². The molecule has 0 aliphatic rings. The van der Waals surface area contributed by atoms with Crippen molar-refractivity contribution in [2.75, 3.05) is 19.8 Å². The summed E-state index contributed by atoms with van der Waals surface area (Å²) in [7, 11) is -4.28. The first kappa shape index (κ1) is 48.5. The van der Waals surface area contributed by atoms with E-state index >= 15 is 0 Å². The molecule has 0 aromatic rings. The molecule has 0 aliphatic heterocycles. The standard InChI is InChI=1S/C41H77O8P/c1-4-7-9-11-13-15-17-19-21-23-25-27-29-31-33-35-40(42)46-37-39(38-48-50(44,45)47-6-3)49-41(43)36-34-32-30-28-26-24-22-20-18-16-14-12-10-8-5-2/h14,16,20,22,39H,4-13,15,17-19,21,23-38H2,1-3H3,(H,44,45)/b16-14-,22-20-. The van der Waals surface area contributed by atoms with Crippen LogP contribution in [0, 0.1) is 0 Å². The summed E-state index contributed by atoms with van der Waals surface area (Å²) < 4.78 is 32.6. The molecule has 0 aromatic heterocycles. The van der Waals surface area contributed by atoms with E-state index in [1.54, 1.807) is 6.92 Å². The molecule has 0 amide bonds. The van der Waals surface area contributed by atoms with Gasteiger partial charge in [-0.2, -0.15) is 0 Å². The van der Waals surface area contributed by atoms with E-state index in [9.17, 15) is 19.0 Å². The van der Waals surface area contributed by atoms with Crippen molar-refractivity contribution in [3.8, 4) is 0 Å². The fourth-order valence-electron chi connectivity index (χ4n) is 5.72. The van der Waals surface area contributed by atoms with E-state index in [0.29, 0.717) is 12.8 Å². The van der Waals surface area contributed by atoms with Gasteiger partial charge in [0.25, 0.3) is 0 Å². The molecule has 50 heavy (non-hydrogen) atoms. The Balaban J connectivity index is 4.11. The molecule has 0 rings (SSSR count). The zero-order valence-corrected chi connectivity index (χ0v) is 33.5. The van der Waals surface area contributed by atoms with Gasteiger partial charge in [-0.15, -0.1) is 0 Å². The van der Waals surface area contributed by atoms with Gasteiger partial charge in [0, 0.05) is 12.8 Å². The van der Waals surface area contributed by atoms with Crippen LogP contribution in [-0.2, 0) is 32.7 Å². The lowest BCUT2D eigenvalue weighted by molar-refractivity contribution is -0.161.